The molecule has 3 N–H and O–H groups in total. The number of aliphatic hydroxyl groups excluding tert-OH is 1. The molecule has 0 fully saturated rings. The van der Waals surface area contributed by atoms with E-state index in [2.05, 4.69) is 4.98 Å². The number of phenols is 1. The summed E-state index contributed by atoms with van der Waals surface area (Å²) in [5.41, 5.74) is 2.44. The van der Waals surface area contributed by atoms with Crippen LogP contribution in [-0.4, -0.2) is 23.6 Å². The number of benzene rings is 1. The van der Waals surface area contributed by atoms with Crippen LogP contribution in [-0.2, 0) is 10.2 Å². The maximum atomic E-state index is 11.7. The van der Waals surface area contributed by atoms with E-state index in [0.29, 0.717) is 0 Å². The Bertz CT molecular complexity index is 784. The molecule has 7 nitrogen and oxygen atoms in total. The standard InChI is InChI=1S/C11H9N3O4S2/c15-9-3-7(10-4-12-6-19-10)1-2-8(9)14-5-11(16)13-20(14,17)18/h1-6,13,15-16H. The Morgan fingerprint density at radius 2 is 2.10 bits per heavy atom. The van der Waals surface area contributed by atoms with Crippen molar-refractivity contribution in [2.45, 2.75) is 0 Å². The molecule has 0 atom stereocenters. The van der Waals surface area contributed by atoms with Gasteiger partial charge in [0.2, 0.25) is 5.88 Å². The van der Waals surface area contributed by atoms with E-state index in [0.717, 1.165) is 20.9 Å². The average Bonchev–Trinajstić information content (AvgIpc) is 2.97. The summed E-state index contributed by atoms with van der Waals surface area (Å²) in [7, 11) is -3.91. The van der Waals surface area contributed by atoms with Crippen molar-refractivity contribution in [2.24, 2.45) is 0 Å². The molecular weight excluding hydrogens is 302 g/mol. The molecule has 1 aromatic heterocycles. The molecule has 0 aliphatic carbocycles. The van der Waals surface area contributed by atoms with Gasteiger partial charge in [0.05, 0.1) is 16.6 Å². The number of hydrogen-bond donors (Lipinski definition) is 3. The van der Waals surface area contributed by atoms with E-state index in [1.54, 1.807) is 17.8 Å². The third-order valence-corrected chi connectivity index (χ3v) is 4.77. The zero-order valence-electron chi connectivity index (χ0n) is 9.89. The third kappa shape index (κ3) is 2.06. The zero-order valence-corrected chi connectivity index (χ0v) is 11.5. The van der Waals surface area contributed by atoms with Crippen molar-refractivity contribution in [1.82, 2.24) is 9.71 Å². The number of aromatic hydroxyl groups is 1. The lowest BCUT2D eigenvalue weighted by atomic mass is 10.1. The van der Waals surface area contributed by atoms with Gasteiger partial charge < -0.3 is 10.2 Å². The van der Waals surface area contributed by atoms with Crippen molar-refractivity contribution in [2.75, 3.05) is 4.31 Å². The fourth-order valence-electron chi connectivity index (χ4n) is 1.81. The molecule has 2 aromatic rings. The summed E-state index contributed by atoms with van der Waals surface area (Å²) in [5.74, 6) is -0.719. The molecule has 0 unspecified atom stereocenters. The number of nitrogens with zero attached hydrogens (tertiary/aromatic N) is 2. The second kappa shape index (κ2) is 4.39. The monoisotopic (exact) mass is 311 g/mol. The molecule has 0 spiro atoms. The fourth-order valence-corrected chi connectivity index (χ4v) is 3.50. The van der Waals surface area contributed by atoms with Gasteiger partial charge in [-0.3, -0.25) is 4.98 Å². The van der Waals surface area contributed by atoms with Crippen LogP contribution in [0.2, 0.25) is 0 Å². The first-order chi connectivity index (χ1) is 9.47. The Morgan fingerprint density at radius 3 is 2.65 bits per heavy atom. The second-order valence-electron chi connectivity index (χ2n) is 3.99. The molecule has 1 aliphatic heterocycles. The molecule has 2 heterocycles. The first-order valence-electron chi connectivity index (χ1n) is 5.42. The number of rotatable bonds is 2. The highest BCUT2D eigenvalue weighted by Crippen LogP contribution is 2.36. The van der Waals surface area contributed by atoms with Gasteiger partial charge in [-0.15, -0.1) is 11.3 Å². The molecule has 9 heteroatoms. The van der Waals surface area contributed by atoms with Crippen molar-refractivity contribution in [3.8, 4) is 16.2 Å². The Kier molecular flexibility index (Phi) is 2.80. The van der Waals surface area contributed by atoms with Gasteiger partial charge in [-0.1, -0.05) is 6.07 Å². The van der Waals surface area contributed by atoms with Gasteiger partial charge in [0, 0.05) is 6.20 Å². The van der Waals surface area contributed by atoms with Crippen LogP contribution in [0.3, 0.4) is 0 Å². The highest BCUT2D eigenvalue weighted by atomic mass is 32.2. The van der Waals surface area contributed by atoms with Crippen molar-refractivity contribution in [3.05, 3.63) is 42.0 Å². The summed E-state index contributed by atoms with van der Waals surface area (Å²) in [6.07, 6.45) is 2.63. The van der Waals surface area contributed by atoms with E-state index >= 15 is 0 Å². The van der Waals surface area contributed by atoms with E-state index in [1.165, 1.54) is 23.5 Å². The van der Waals surface area contributed by atoms with Crippen LogP contribution >= 0.6 is 11.3 Å². The van der Waals surface area contributed by atoms with Gasteiger partial charge in [-0.25, -0.2) is 9.03 Å². The number of aliphatic hydroxyl groups is 1. The molecule has 0 bridgehead atoms. The van der Waals surface area contributed by atoms with Crippen LogP contribution in [0.1, 0.15) is 0 Å². The number of thiazole rings is 1. The molecule has 104 valence electrons. The zero-order chi connectivity index (χ0) is 14.3. The normalized spacial score (nSPS) is 16.8. The highest BCUT2D eigenvalue weighted by molar-refractivity contribution is 7.91. The maximum absolute atomic E-state index is 11.7. The minimum Gasteiger partial charge on any atom is -0.506 e. The van der Waals surface area contributed by atoms with E-state index in [-0.39, 0.29) is 11.4 Å². The highest BCUT2D eigenvalue weighted by Gasteiger charge is 2.30. The quantitative estimate of drug-likeness (QED) is 0.780. The Balaban J connectivity index is 2.05. The predicted molar refractivity (Wildman–Crippen MR) is 74.5 cm³/mol. The molecule has 20 heavy (non-hydrogen) atoms. The van der Waals surface area contributed by atoms with Crippen molar-refractivity contribution in [3.63, 3.8) is 0 Å². The first kappa shape index (κ1) is 12.8. The molecule has 0 amide bonds. The molecule has 3 rings (SSSR count). The fraction of sp³-hybridized carbons (Fsp3) is 0. The van der Waals surface area contributed by atoms with Crippen molar-refractivity contribution in [1.29, 1.82) is 0 Å². The largest absolute Gasteiger partial charge is 0.506 e. The van der Waals surface area contributed by atoms with Gasteiger partial charge in [0.1, 0.15) is 11.4 Å². The van der Waals surface area contributed by atoms with E-state index in [4.69, 9.17) is 0 Å². The van der Waals surface area contributed by atoms with Crippen molar-refractivity contribution >= 4 is 27.2 Å². The van der Waals surface area contributed by atoms with Crippen LogP contribution in [0.5, 0.6) is 5.75 Å². The number of phenolic OH excluding ortho intramolecular Hbond substituents is 1. The first-order valence-corrected chi connectivity index (χ1v) is 7.74. The topological polar surface area (TPSA) is 103 Å². The van der Waals surface area contributed by atoms with Crippen LogP contribution in [0.25, 0.3) is 10.4 Å². The van der Waals surface area contributed by atoms with E-state index in [9.17, 15) is 18.6 Å². The Hall–Kier alpha value is -2.26. The second-order valence-corrected chi connectivity index (χ2v) is 6.42. The number of nitrogens with one attached hydrogen (secondary N) is 1. The molecule has 0 radical (unpaired) electrons. The molecule has 0 saturated heterocycles. The van der Waals surface area contributed by atoms with Crippen LogP contribution in [0, 0.1) is 0 Å². The van der Waals surface area contributed by atoms with Crippen LogP contribution in [0.15, 0.2) is 42.0 Å². The van der Waals surface area contributed by atoms with Gasteiger partial charge in [0.25, 0.3) is 0 Å². The number of anilines is 1. The maximum Gasteiger partial charge on any atom is 0.330 e. The number of hydrogen-bond acceptors (Lipinski definition) is 6. The minimum absolute atomic E-state index is 0.0508. The third-order valence-electron chi connectivity index (χ3n) is 2.66. The molecule has 1 aliphatic rings. The van der Waals surface area contributed by atoms with E-state index in [1.807, 2.05) is 4.72 Å². The summed E-state index contributed by atoms with van der Waals surface area (Å²) in [4.78, 5) is 4.79. The Labute approximate surface area is 118 Å². The van der Waals surface area contributed by atoms with Crippen molar-refractivity contribution < 1.29 is 18.6 Å². The van der Waals surface area contributed by atoms with Crippen LogP contribution in [0.4, 0.5) is 5.69 Å². The summed E-state index contributed by atoms with van der Waals surface area (Å²) >= 11 is 1.40. The summed E-state index contributed by atoms with van der Waals surface area (Å²) in [5, 5.41) is 19.2. The van der Waals surface area contributed by atoms with E-state index < -0.39 is 16.1 Å². The lowest BCUT2D eigenvalue weighted by molar-refractivity contribution is 0.392. The van der Waals surface area contributed by atoms with Gasteiger partial charge in [-0.2, -0.15) is 8.42 Å². The molecular formula is C11H9N3O4S2. The van der Waals surface area contributed by atoms with Crippen LogP contribution < -0.4 is 9.03 Å². The van der Waals surface area contributed by atoms with Gasteiger partial charge in [-0.05, 0) is 17.7 Å². The molecule has 0 saturated carbocycles. The smallest absolute Gasteiger partial charge is 0.330 e. The lowest BCUT2D eigenvalue weighted by Gasteiger charge is -2.15. The number of aromatic nitrogens is 1. The van der Waals surface area contributed by atoms with Gasteiger partial charge in [0.15, 0.2) is 0 Å². The SMILES string of the molecule is O=S1(=O)NC(O)=CN1c1ccc(-c2cncs2)cc1O. The minimum atomic E-state index is -3.91. The van der Waals surface area contributed by atoms with Gasteiger partial charge >= 0.3 is 10.2 Å². The summed E-state index contributed by atoms with van der Waals surface area (Å²) in [6.45, 7) is 0. The molecule has 1 aromatic carbocycles. The summed E-state index contributed by atoms with van der Waals surface area (Å²) < 4.78 is 26.1. The average molecular weight is 311 g/mol. The summed E-state index contributed by atoms with van der Waals surface area (Å²) in [6, 6.07) is 4.57. The predicted octanol–water partition coefficient (Wildman–Crippen LogP) is 1.53. The lowest BCUT2D eigenvalue weighted by Crippen LogP contribution is -2.29. The Morgan fingerprint density at radius 1 is 1.30 bits per heavy atom.